The fourth-order valence-electron chi connectivity index (χ4n) is 1.47. The number of unbranched alkanes of at least 4 members (excludes halogenated alkanes) is 1. The molecule has 0 aliphatic heterocycles. The molecule has 0 bridgehead atoms. The molecule has 20 heavy (non-hydrogen) atoms. The minimum absolute atomic E-state index is 0.184. The van der Waals surface area contributed by atoms with Crippen LogP contribution in [0.3, 0.4) is 0 Å². The van der Waals surface area contributed by atoms with E-state index in [-0.39, 0.29) is 11.5 Å². The fourth-order valence-corrected chi connectivity index (χ4v) is 1.47. The maximum absolute atomic E-state index is 11.9. The maximum Gasteiger partial charge on any atom is 0.373 e. The Balaban J connectivity index is 2.79. The summed E-state index contributed by atoms with van der Waals surface area (Å²) < 4.78 is 10.6. The van der Waals surface area contributed by atoms with Crippen LogP contribution in [0, 0.1) is 0 Å². The van der Waals surface area contributed by atoms with Crippen molar-refractivity contribution in [2.45, 2.75) is 33.1 Å². The fraction of sp³-hybridized carbons (Fsp3) is 0.438. The summed E-state index contributed by atoms with van der Waals surface area (Å²) in [5.74, 6) is -0.0576. The topological polar surface area (TPSA) is 55.8 Å². The largest absolute Gasteiger partial charge is 0.508 e. The van der Waals surface area contributed by atoms with Gasteiger partial charge in [0.05, 0.1) is 13.2 Å². The lowest BCUT2D eigenvalue weighted by Gasteiger charge is -2.10. The van der Waals surface area contributed by atoms with Gasteiger partial charge in [-0.2, -0.15) is 0 Å². The highest BCUT2D eigenvalue weighted by Gasteiger charge is 2.12. The van der Waals surface area contributed by atoms with E-state index in [2.05, 4.69) is 6.92 Å². The molecular formula is C16H22O4. The molecule has 0 aliphatic carbocycles. The number of phenolic OH excluding ortho intramolecular Hbond substituents is 1. The quantitative estimate of drug-likeness (QED) is 0.342. The van der Waals surface area contributed by atoms with Crippen molar-refractivity contribution in [2.75, 3.05) is 13.2 Å². The second-order valence-electron chi connectivity index (χ2n) is 4.44. The van der Waals surface area contributed by atoms with Crippen LogP contribution in [0.15, 0.2) is 30.0 Å². The summed E-state index contributed by atoms with van der Waals surface area (Å²) in [6.45, 7) is 4.86. The molecular weight excluding hydrogens is 256 g/mol. The number of hydrogen-bond donors (Lipinski definition) is 1. The van der Waals surface area contributed by atoms with Crippen molar-refractivity contribution < 1.29 is 19.4 Å². The number of phenols is 1. The number of aromatic hydroxyl groups is 1. The van der Waals surface area contributed by atoms with E-state index in [4.69, 9.17) is 9.47 Å². The first kappa shape index (κ1) is 16.1. The molecule has 1 N–H and O–H groups in total. The molecule has 0 fully saturated rings. The number of ether oxygens (including phenoxy) is 2. The van der Waals surface area contributed by atoms with Gasteiger partial charge >= 0.3 is 5.97 Å². The molecule has 4 nitrogen and oxygen atoms in total. The normalized spacial score (nSPS) is 11.2. The zero-order valence-electron chi connectivity index (χ0n) is 12.1. The van der Waals surface area contributed by atoms with Gasteiger partial charge in [-0.3, -0.25) is 0 Å². The monoisotopic (exact) mass is 278 g/mol. The van der Waals surface area contributed by atoms with Crippen molar-refractivity contribution in [3.63, 3.8) is 0 Å². The molecule has 0 unspecified atom stereocenters. The number of esters is 1. The Labute approximate surface area is 120 Å². The summed E-state index contributed by atoms with van der Waals surface area (Å²) in [5.41, 5.74) is 0.780. The van der Waals surface area contributed by atoms with E-state index in [1.807, 2.05) is 6.92 Å². The summed E-state index contributed by atoms with van der Waals surface area (Å²) in [7, 11) is 0. The standard InChI is InChI=1S/C16H22O4/c1-3-5-11-19-15(16(18)20-10-4-2)12-13-6-8-14(17)9-7-13/h6-9,12,17H,3-5,10-11H2,1-2H3/b15-12-. The highest BCUT2D eigenvalue weighted by atomic mass is 16.6. The summed E-state index contributed by atoms with van der Waals surface area (Å²) in [5, 5.41) is 9.25. The Bertz CT molecular complexity index is 434. The lowest BCUT2D eigenvalue weighted by atomic mass is 10.2. The smallest absolute Gasteiger partial charge is 0.373 e. The molecule has 1 aromatic carbocycles. The second kappa shape index (κ2) is 9.02. The third-order valence-corrected chi connectivity index (χ3v) is 2.58. The summed E-state index contributed by atoms with van der Waals surface area (Å²) in [6.07, 6.45) is 4.28. The zero-order chi connectivity index (χ0) is 14.8. The first-order valence-corrected chi connectivity index (χ1v) is 6.98. The van der Waals surface area contributed by atoms with Crippen LogP contribution in [0.2, 0.25) is 0 Å². The van der Waals surface area contributed by atoms with Crippen molar-refractivity contribution in [1.82, 2.24) is 0 Å². The molecule has 0 spiro atoms. The van der Waals surface area contributed by atoms with Crippen molar-refractivity contribution in [3.8, 4) is 5.75 Å². The van der Waals surface area contributed by atoms with Crippen molar-refractivity contribution >= 4 is 12.0 Å². The molecule has 0 aromatic heterocycles. The van der Waals surface area contributed by atoms with Gasteiger partial charge < -0.3 is 14.6 Å². The third-order valence-electron chi connectivity index (χ3n) is 2.58. The molecule has 0 saturated carbocycles. The Morgan fingerprint density at radius 3 is 2.40 bits per heavy atom. The molecule has 0 saturated heterocycles. The minimum Gasteiger partial charge on any atom is -0.508 e. The number of hydrogen-bond acceptors (Lipinski definition) is 4. The minimum atomic E-state index is -0.448. The summed E-state index contributed by atoms with van der Waals surface area (Å²) >= 11 is 0. The van der Waals surface area contributed by atoms with Crippen molar-refractivity contribution in [3.05, 3.63) is 35.6 Å². The van der Waals surface area contributed by atoms with Crippen LogP contribution in [-0.2, 0) is 14.3 Å². The lowest BCUT2D eigenvalue weighted by molar-refractivity contribution is -0.143. The molecule has 4 heteroatoms. The van der Waals surface area contributed by atoms with E-state index in [1.165, 1.54) is 0 Å². The van der Waals surface area contributed by atoms with E-state index < -0.39 is 5.97 Å². The highest BCUT2D eigenvalue weighted by Crippen LogP contribution is 2.14. The molecule has 0 aliphatic rings. The van der Waals surface area contributed by atoms with Gasteiger partial charge in [-0.1, -0.05) is 32.4 Å². The molecule has 0 amide bonds. The predicted octanol–water partition coefficient (Wildman–Crippen LogP) is 3.50. The van der Waals surface area contributed by atoms with E-state index in [0.717, 1.165) is 24.8 Å². The lowest BCUT2D eigenvalue weighted by Crippen LogP contribution is -2.12. The SMILES string of the molecule is CCCCO/C(=C\c1ccc(O)cc1)C(=O)OCCC. The van der Waals surface area contributed by atoms with Crippen molar-refractivity contribution in [2.24, 2.45) is 0 Å². The Kier molecular flexibility index (Phi) is 7.25. The molecule has 110 valence electrons. The molecule has 1 aromatic rings. The predicted molar refractivity (Wildman–Crippen MR) is 78.2 cm³/mol. The number of carbonyl (C=O) groups is 1. The van der Waals surface area contributed by atoms with Gasteiger partial charge in [0.15, 0.2) is 0 Å². The van der Waals surface area contributed by atoms with Gasteiger partial charge in [-0.15, -0.1) is 0 Å². The van der Waals surface area contributed by atoms with Gasteiger partial charge in [-0.25, -0.2) is 4.79 Å². The van der Waals surface area contributed by atoms with Gasteiger partial charge in [0.2, 0.25) is 5.76 Å². The average molecular weight is 278 g/mol. The van der Waals surface area contributed by atoms with Crippen LogP contribution >= 0.6 is 0 Å². The number of carbonyl (C=O) groups excluding carboxylic acids is 1. The van der Waals surface area contributed by atoms with E-state index in [0.29, 0.717) is 13.2 Å². The zero-order valence-corrected chi connectivity index (χ0v) is 12.1. The molecule has 0 heterocycles. The number of benzene rings is 1. The van der Waals surface area contributed by atoms with Gasteiger partial charge in [0.1, 0.15) is 5.75 Å². The average Bonchev–Trinajstić information content (AvgIpc) is 2.46. The van der Waals surface area contributed by atoms with Gasteiger partial charge in [0, 0.05) is 0 Å². The van der Waals surface area contributed by atoms with Crippen LogP contribution in [0.1, 0.15) is 38.7 Å². The first-order chi connectivity index (χ1) is 9.67. The van der Waals surface area contributed by atoms with E-state index in [9.17, 15) is 9.90 Å². The van der Waals surface area contributed by atoms with Gasteiger partial charge in [-0.05, 0) is 36.6 Å². The van der Waals surface area contributed by atoms with Crippen LogP contribution < -0.4 is 0 Å². The van der Waals surface area contributed by atoms with E-state index >= 15 is 0 Å². The Hall–Kier alpha value is -1.97. The van der Waals surface area contributed by atoms with Crippen molar-refractivity contribution in [1.29, 1.82) is 0 Å². The molecule has 0 atom stereocenters. The Morgan fingerprint density at radius 2 is 1.80 bits per heavy atom. The third kappa shape index (κ3) is 5.78. The van der Waals surface area contributed by atoms with Crippen LogP contribution in [0.4, 0.5) is 0 Å². The van der Waals surface area contributed by atoms with Gasteiger partial charge in [0.25, 0.3) is 0 Å². The molecule has 0 radical (unpaired) electrons. The summed E-state index contributed by atoms with van der Waals surface area (Å²) in [6, 6.07) is 6.55. The van der Waals surface area contributed by atoms with E-state index in [1.54, 1.807) is 30.3 Å². The van der Waals surface area contributed by atoms with Crippen LogP contribution in [0.5, 0.6) is 5.75 Å². The van der Waals surface area contributed by atoms with Crippen LogP contribution in [-0.4, -0.2) is 24.3 Å². The van der Waals surface area contributed by atoms with Crippen LogP contribution in [0.25, 0.3) is 6.08 Å². The summed E-state index contributed by atoms with van der Waals surface area (Å²) in [4.78, 5) is 11.9. The highest BCUT2D eigenvalue weighted by molar-refractivity contribution is 5.91. The first-order valence-electron chi connectivity index (χ1n) is 6.98. The number of rotatable bonds is 8. The second-order valence-corrected chi connectivity index (χ2v) is 4.44. The molecule has 1 rings (SSSR count). The Morgan fingerprint density at radius 1 is 1.10 bits per heavy atom. The maximum atomic E-state index is 11.9.